The van der Waals surface area contributed by atoms with Crippen molar-refractivity contribution in [1.29, 1.82) is 0 Å². The van der Waals surface area contributed by atoms with E-state index in [1.165, 1.54) is 44.8 Å². The highest BCUT2D eigenvalue weighted by molar-refractivity contribution is 5.92. The Morgan fingerprint density at radius 2 is 1.02 bits per heavy atom. The number of rotatable bonds is 8. The molecular weight excluding hydrogens is 769 g/mol. The molecule has 0 saturated heterocycles. The molecule has 5 nitrogen and oxygen atoms in total. The topological polar surface area (TPSA) is 31.8 Å². The Hall–Kier alpha value is -6.33. The minimum absolute atomic E-state index is 0.00169. The number of aromatic nitrogens is 1. The minimum atomic E-state index is -0.0497. The second-order valence-corrected chi connectivity index (χ2v) is 21.2. The highest BCUT2D eigenvalue weighted by atomic mass is 16.5. The summed E-state index contributed by atoms with van der Waals surface area (Å²) in [6, 6.07) is 54.7. The zero-order valence-corrected chi connectivity index (χ0v) is 39.4. The average molecular weight is 833 g/mol. The Morgan fingerprint density at radius 3 is 1.65 bits per heavy atom. The van der Waals surface area contributed by atoms with Gasteiger partial charge >= 0.3 is 0 Å². The first kappa shape index (κ1) is 43.3. The van der Waals surface area contributed by atoms with Crippen LogP contribution in [0.1, 0.15) is 105 Å². The van der Waals surface area contributed by atoms with Crippen LogP contribution in [0.2, 0.25) is 0 Å². The summed E-state index contributed by atoms with van der Waals surface area (Å²) in [4.78, 5) is 12.2. The van der Waals surface area contributed by atoms with Gasteiger partial charge < -0.3 is 14.5 Å². The highest BCUT2D eigenvalue weighted by Gasteiger charge is 2.31. The van der Waals surface area contributed by atoms with Crippen LogP contribution in [0.25, 0.3) is 11.1 Å². The quantitative estimate of drug-likeness (QED) is 0.152. The molecule has 1 aliphatic heterocycles. The molecule has 0 radical (unpaired) electrons. The van der Waals surface area contributed by atoms with Crippen LogP contribution in [0.3, 0.4) is 0 Å². The molecule has 1 aromatic heterocycles. The van der Waals surface area contributed by atoms with Crippen molar-refractivity contribution in [3.63, 3.8) is 0 Å². The number of para-hydroxylation sites is 2. The predicted octanol–water partition coefficient (Wildman–Crippen LogP) is 16.4. The molecule has 6 aromatic carbocycles. The standard InChI is InChI=1S/C58H64N4O/c1-55(2,3)41-28-29-50(40-20-14-13-15-21-40)53(35-41)61-39-60(51-26-16-17-27-52(51)61)45-22-18-24-48(37-45)63-49-25-19-23-46(38-49)62(54-36-42(30-31-59-54)56(4,5)6)47-33-43(57(7,8)9)32-44(34-47)58(10,11)12/h13-38H,39H2,1-12H3. The van der Waals surface area contributed by atoms with Gasteiger partial charge in [0.2, 0.25) is 0 Å². The summed E-state index contributed by atoms with van der Waals surface area (Å²) < 4.78 is 6.82. The zero-order chi connectivity index (χ0) is 44.9. The van der Waals surface area contributed by atoms with Gasteiger partial charge in [-0.05, 0) is 116 Å². The molecule has 0 spiro atoms. The summed E-state index contributed by atoms with van der Waals surface area (Å²) in [5.41, 5.74) is 14.0. The van der Waals surface area contributed by atoms with E-state index < -0.39 is 0 Å². The van der Waals surface area contributed by atoms with Crippen molar-refractivity contribution in [3.8, 4) is 22.6 Å². The van der Waals surface area contributed by atoms with Crippen LogP contribution in [-0.4, -0.2) is 11.7 Å². The largest absolute Gasteiger partial charge is 0.457 e. The van der Waals surface area contributed by atoms with E-state index in [9.17, 15) is 0 Å². The lowest BCUT2D eigenvalue weighted by Crippen LogP contribution is -2.25. The second kappa shape index (κ2) is 16.4. The van der Waals surface area contributed by atoms with Crippen molar-refractivity contribution in [1.82, 2.24) is 4.98 Å². The molecule has 0 amide bonds. The molecule has 8 rings (SSSR count). The van der Waals surface area contributed by atoms with Crippen molar-refractivity contribution >= 4 is 39.9 Å². The molecule has 0 aliphatic carbocycles. The average Bonchev–Trinajstić information content (AvgIpc) is 3.63. The molecule has 63 heavy (non-hydrogen) atoms. The van der Waals surface area contributed by atoms with Crippen molar-refractivity contribution in [3.05, 3.63) is 180 Å². The molecule has 0 bridgehead atoms. The maximum Gasteiger partial charge on any atom is 0.137 e. The van der Waals surface area contributed by atoms with Gasteiger partial charge in [-0.3, -0.25) is 4.90 Å². The van der Waals surface area contributed by atoms with Crippen LogP contribution in [0, 0.1) is 0 Å². The summed E-state index contributed by atoms with van der Waals surface area (Å²) in [6.07, 6.45) is 1.94. The maximum atomic E-state index is 6.82. The molecule has 0 unspecified atom stereocenters. The number of benzene rings is 6. The van der Waals surface area contributed by atoms with Gasteiger partial charge in [-0.25, -0.2) is 4.98 Å². The van der Waals surface area contributed by atoms with Crippen LogP contribution >= 0.6 is 0 Å². The van der Waals surface area contributed by atoms with Gasteiger partial charge in [0.15, 0.2) is 0 Å². The van der Waals surface area contributed by atoms with Gasteiger partial charge in [-0.1, -0.05) is 156 Å². The second-order valence-electron chi connectivity index (χ2n) is 21.2. The number of nitrogens with zero attached hydrogens (tertiary/aromatic N) is 4. The summed E-state index contributed by atoms with van der Waals surface area (Å²) in [7, 11) is 0. The number of fused-ring (bicyclic) bond motifs is 1. The summed E-state index contributed by atoms with van der Waals surface area (Å²) >= 11 is 0. The van der Waals surface area contributed by atoms with E-state index in [1.807, 2.05) is 18.3 Å². The lowest BCUT2D eigenvalue weighted by atomic mass is 9.80. The van der Waals surface area contributed by atoms with Crippen LogP contribution in [0.15, 0.2) is 158 Å². The van der Waals surface area contributed by atoms with E-state index in [-0.39, 0.29) is 21.7 Å². The first-order chi connectivity index (χ1) is 29.7. The Morgan fingerprint density at radius 1 is 0.444 bits per heavy atom. The molecule has 322 valence electrons. The summed E-state index contributed by atoms with van der Waals surface area (Å²) in [5.74, 6) is 2.39. The number of hydrogen-bond donors (Lipinski definition) is 0. The molecule has 0 saturated carbocycles. The smallest absolute Gasteiger partial charge is 0.137 e. The predicted molar refractivity (Wildman–Crippen MR) is 268 cm³/mol. The lowest BCUT2D eigenvalue weighted by Gasteiger charge is -2.31. The lowest BCUT2D eigenvalue weighted by molar-refractivity contribution is 0.483. The molecule has 1 aliphatic rings. The molecule has 0 N–H and O–H groups in total. The Bertz CT molecular complexity index is 2710. The first-order valence-electron chi connectivity index (χ1n) is 22.4. The summed E-state index contributed by atoms with van der Waals surface area (Å²) in [6.45, 7) is 28.0. The molecule has 5 heteroatoms. The SMILES string of the molecule is CC(C)(C)c1cc(N(c2cccc(Oc3cccc(N4CN(c5cc(C(C)(C)C)ccc5-c5ccccc5)c5ccccc54)c3)c2)c2cc(C(C)(C)C)ccn2)cc(C(C)(C)C)c1. The third-order valence-corrected chi connectivity index (χ3v) is 12.2. The Labute approximate surface area is 377 Å². The number of anilines is 7. The normalized spacial score (nSPS) is 13.3. The molecule has 0 fully saturated rings. The fourth-order valence-corrected chi connectivity index (χ4v) is 8.29. The maximum absolute atomic E-state index is 6.82. The highest BCUT2D eigenvalue weighted by Crippen LogP contribution is 2.48. The van der Waals surface area contributed by atoms with Crippen LogP contribution in [0.4, 0.5) is 39.9 Å². The van der Waals surface area contributed by atoms with Crippen LogP contribution < -0.4 is 19.4 Å². The molecule has 7 aromatic rings. The Kier molecular flexibility index (Phi) is 11.3. The van der Waals surface area contributed by atoms with Crippen molar-refractivity contribution in [2.45, 2.75) is 105 Å². The van der Waals surface area contributed by atoms with E-state index in [4.69, 9.17) is 9.72 Å². The number of ether oxygens (including phenoxy) is 1. The van der Waals surface area contributed by atoms with Crippen LogP contribution in [0.5, 0.6) is 11.5 Å². The van der Waals surface area contributed by atoms with Gasteiger partial charge in [0, 0.05) is 35.3 Å². The van der Waals surface area contributed by atoms with E-state index in [2.05, 4.69) is 237 Å². The fourth-order valence-electron chi connectivity index (χ4n) is 8.29. The van der Waals surface area contributed by atoms with E-state index in [0.717, 1.165) is 40.1 Å². The van der Waals surface area contributed by atoms with Gasteiger partial charge in [0.1, 0.15) is 24.0 Å². The van der Waals surface area contributed by atoms with E-state index >= 15 is 0 Å². The van der Waals surface area contributed by atoms with E-state index in [0.29, 0.717) is 6.67 Å². The minimum Gasteiger partial charge on any atom is -0.457 e. The van der Waals surface area contributed by atoms with Gasteiger partial charge in [-0.2, -0.15) is 0 Å². The monoisotopic (exact) mass is 833 g/mol. The van der Waals surface area contributed by atoms with Gasteiger partial charge in [0.05, 0.1) is 22.7 Å². The Balaban J connectivity index is 1.17. The number of hydrogen-bond acceptors (Lipinski definition) is 5. The van der Waals surface area contributed by atoms with Crippen molar-refractivity contribution in [2.24, 2.45) is 0 Å². The summed E-state index contributed by atoms with van der Waals surface area (Å²) in [5, 5.41) is 0. The molecule has 2 heterocycles. The van der Waals surface area contributed by atoms with E-state index in [1.54, 1.807) is 0 Å². The van der Waals surface area contributed by atoms with Gasteiger partial charge in [-0.15, -0.1) is 0 Å². The third-order valence-electron chi connectivity index (χ3n) is 12.2. The molecular formula is C58H64N4O. The van der Waals surface area contributed by atoms with Crippen molar-refractivity contribution in [2.75, 3.05) is 21.4 Å². The fraction of sp³-hybridized carbons (Fsp3) is 0.293. The zero-order valence-electron chi connectivity index (χ0n) is 39.4. The van der Waals surface area contributed by atoms with Gasteiger partial charge in [0.25, 0.3) is 0 Å². The molecule has 0 atom stereocenters. The first-order valence-corrected chi connectivity index (χ1v) is 22.4. The third kappa shape index (κ3) is 9.25. The van der Waals surface area contributed by atoms with Crippen LogP contribution in [-0.2, 0) is 21.7 Å². The number of pyridine rings is 1. The van der Waals surface area contributed by atoms with Crippen molar-refractivity contribution < 1.29 is 4.74 Å².